The standard InChI is InChI=1S/C15H19NO5S/c1-10-14(21-13-5-3-2-4-12(13)20-10)15(17)16-8-11-6-7-22(18,19)9-11/h2-5,10-11,14H,6-9H2,1H3,(H,16,17)/t10-,11-,14+/m0/s1. The second-order valence-corrected chi connectivity index (χ2v) is 8.05. The molecule has 2 heterocycles. The minimum atomic E-state index is -2.93. The highest BCUT2D eigenvalue weighted by atomic mass is 32.2. The molecule has 2 aliphatic heterocycles. The minimum absolute atomic E-state index is 0.0129. The summed E-state index contributed by atoms with van der Waals surface area (Å²) in [5.41, 5.74) is 0. The number of sulfone groups is 1. The molecule has 3 rings (SSSR count). The molecule has 0 spiro atoms. The SMILES string of the molecule is C[C@@H]1Oc2ccccc2O[C@H]1C(=O)NC[C@@H]1CCS(=O)(=O)C1. The largest absolute Gasteiger partial charge is 0.482 e. The van der Waals surface area contributed by atoms with Crippen molar-refractivity contribution in [2.45, 2.75) is 25.6 Å². The average Bonchev–Trinajstić information content (AvgIpc) is 2.83. The molecule has 0 aromatic heterocycles. The van der Waals surface area contributed by atoms with Crippen molar-refractivity contribution in [3.05, 3.63) is 24.3 Å². The van der Waals surface area contributed by atoms with Gasteiger partial charge in [-0.05, 0) is 31.4 Å². The summed E-state index contributed by atoms with van der Waals surface area (Å²) in [4.78, 5) is 12.3. The highest BCUT2D eigenvalue weighted by Crippen LogP contribution is 2.33. The van der Waals surface area contributed by atoms with Crippen molar-refractivity contribution in [2.24, 2.45) is 5.92 Å². The van der Waals surface area contributed by atoms with E-state index in [1.807, 2.05) is 12.1 Å². The monoisotopic (exact) mass is 325 g/mol. The van der Waals surface area contributed by atoms with E-state index in [0.717, 1.165) is 0 Å². The van der Waals surface area contributed by atoms with E-state index in [-0.39, 0.29) is 23.3 Å². The molecular weight excluding hydrogens is 306 g/mol. The van der Waals surface area contributed by atoms with Gasteiger partial charge in [-0.3, -0.25) is 4.79 Å². The number of rotatable bonds is 3. The Kier molecular flexibility index (Phi) is 3.99. The molecule has 1 aromatic rings. The second-order valence-electron chi connectivity index (χ2n) is 5.82. The third-order valence-corrected chi connectivity index (χ3v) is 5.83. The van der Waals surface area contributed by atoms with Crippen LogP contribution in [0.5, 0.6) is 11.5 Å². The molecule has 7 heteroatoms. The first-order valence-electron chi connectivity index (χ1n) is 7.35. The lowest BCUT2D eigenvalue weighted by molar-refractivity contribution is -0.133. The van der Waals surface area contributed by atoms with Gasteiger partial charge in [0.15, 0.2) is 21.3 Å². The number of hydrogen-bond donors (Lipinski definition) is 1. The maximum absolute atomic E-state index is 12.3. The Morgan fingerprint density at radius 1 is 1.27 bits per heavy atom. The van der Waals surface area contributed by atoms with Gasteiger partial charge in [-0.15, -0.1) is 0 Å². The van der Waals surface area contributed by atoms with Crippen molar-refractivity contribution in [1.82, 2.24) is 5.32 Å². The third kappa shape index (κ3) is 3.19. The molecule has 0 radical (unpaired) electrons. The third-order valence-electron chi connectivity index (χ3n) is 3.99. The Balaban J connectivity index is 1.59. The van der Waals surface area contributed by atoms with Crippen LogP contribution in [0.15, 0.2) is 24.3 Å². The predicted octanol–water partition coefficient (Wildman–Crippen LogP) is 0.766. The van der Waals surface area contributed by atoms with E-state index in [0.29, 0.717) is 24.5 Å². The number of carbonyl (C=O) groups excluding carboxylic acids is 1. The van der Waals surface area contributed by atoms with Crippen LogP contribution < -0.4 is 14.8 Å². The van der Waals surface area contributed by atoms with Gasteiger partial charge in [-0.2, -0.15) is 0 Å². The topological polar surface area (TPSA) is 81.7 Å². The number of amides is 1. The molecule has 0 unspecified atom stereocenters. The van der Waals surface area contributed by atoms with Crippen LogP contribution in [0.25, 0.3) is 0 Å². The Morgan fingerprint density at radius 3 is 2.59 bits per heavy atom. The zero-order chi connectivity index (χ0) is 15.7. The first-order valence-corrected chi connectivity index (χ1v) is 9.17. The Hall–Kier alpha value is -1.76. The van der Waals surface area contributed by atoms with E-state index in [9.17, 15) is 13.2 Å². The molecular formula is C15H19NO5S. The van der Waals surface area contributed by atoms with Gasteiger partial charge in [0.2, 0.25) is 6.10 Å². The molecule has 1 amide bonds. The van der Waals surface area contributed by atoms with Crippen molar-refractivity contribution in [2.75, 3.05) is 18.1 Å². The first-order chi connectivity index (χ1) is 10.4. The van der Waals surface area contributed by atoms with E-state index in [4.69, 9.17) is 9.47 Å². The van der Waals surface area contributed by atoms with Crippen molar-refractivity contribution in [3.8, 4) is 11.5 Å². The Morgan fingerprint density at radius 2 is 1.95 bits per heavy atom. The molecule has 1 aromatic carbocycles. The fraction of sp³-hybridized carbons (Fsp3) is 0.533. The van der Waals surface area contributed by atoms with Crippen LogP contribution in [-0.4, -0.2) is 44.6 Å². The minimum Gasteiger partial charge on any atom is -0.482 e. The molecule has 6 nitrogen and oxygen atoms in total. The molecule has 1 saturated heterocycles. The van der Waals surface area contributed by atoms with Gasteiger partial charge >= 0.3 is 0 Å². The summed E-state index contributed by atoms with van der Waals surface area (Å²) in [7, 11) is -2.93. The highest BCUT2D eigenvalue weighted by Gasteiger charge is 2.35. The summed E-state index contributed by atoms with van der Waals surface area (Å²) in [6.45, 7) is 2.13. The predicted molar refractivity (Wildman–Crippen MR) is 80.7 cm³/mol. The van der Waals surface area contributed by atoms with Crippen molar-refractivity contribution >= 4 is 15.7 Å². The van der Waals surface area contributed by atoms with E-state index in [2.05, 4.69) is 5.32 Å². The van der Waals surface area contributed by atoms with Crippen LogP contribution >= 0.6 is 0 Å². The van der Waals surface area contributed by atoms with Gasteiger partial charge in [-0.1, -0.05) is 12.1 Å². The lowest BCUT2D eigenvalue weighted by Crippen LogP contribution is -2.49. The number of ether oxygens (including phenoxy) is 2. The van der Waals surface area contributed by atoms with Gasteiger partial charge in [0.25, 0.3) is 5.91 Å². The van der Waals surface area contributed by atoms with Gasteiger partial charge in [0.05, 0.1) is 11.5 Å². The van der Waals surface area contributed by atoms with E-state index in [1.165, 1.54) is 0 Å². The van der Waals surface area contributed by atoms with Crippen LogP contribution in [0.2, 0.25) is 0 Å². The number of para-hydroxylation sites is 2. The molecule has 22 heavy (non-hydrogen) atoms. The normalized spacial score (nSPS) is 29.0. The smallest absolute Gasteiger partial charge is 0.265 e. The summed E-state index contributed by atoms with van der Waals surface area (Å²) in [6.07, 6.45) is -0.529. The lowest BCUT2D eigenvalue weighted by Gasteiger charge is -2.31. The van der Waals surface area contributed by atoms with Gasteiger partial charge in [-0.25, -0.2) is 8.42 Å². The van der Waals surface area contributed by atoms with Gasteiger partial charge in [0.1, 0.15) is 6.10 Å². The summed E-state index contributed by atoms with van der Waals surface area (Å²) < 4.78 is 34.2. The molecule has 0 aliphatic carbocycles. The number of nitrogens with one attached hydrogen (secondary N) is 1. The summed E-state index contributed by atoms with van der Waals surface area (Å²) in [5, 5.41) is 2.78. The van der Waals surface area contributed by atoms with Gasteiger partial charge in [0, 0.05) is 6.54 Å². The van der Waals surface area contributed by atoms with Crippen LogP contribution in [-0.2, 0) is 14.6 Å². The van der Waals surface area contributed by atoms with Crippen molar-refractivity contribution in [3.63, 3.8) is 0 Å². The number of carbonyl (C=O) groups is 1. The lowest BCUT2D eigenvalue weighted by atomic mass is 10.1. The average molecular weight is 325 g/mol. The zero-order valence-corrected chi connectivity index (χ0v) is 13.1. The van der Waals surface area contributed by atoms with Crippen LogP contribution in [0.4, 0.5) is 0 Å². The van der Waals surface area contributed by atoms with E-state index >= 15 is 0 Å². The zero-order valence-electron chi connectivity index (χ0n) is 12.3. The summed E-state index contributed by atoms with van der Waals surface area (Å²) >= 11 is 0. The van der Waals surface area contributed by atoms with Crippen molar-refractivity contribution < 1.29 is 22.7 Å². The quantitative estimate of drug-likeness (QED) is 0.887. The molecule has 120 valence electrons. The second kappa shape index (κ2) is 5.79. The highest BCUT2D eigenvalue weighted by molar-refractivity contribution is 7.91. The van der Waals surface area contributed by atoms with E-state index < -0.39 is 22.0 Å². The molecule has 2 aliphatic rings. The number of benzene rings is 1. The molecule has 3 atom stereocenters. The maximum Gasteiger partial charge on any atom is 0.265 e. The number of hydrogen-bond acceptors (Lipinski definition) is 5. The van der Waals surface area contributed by atoms with Crippen molar-refractivity contribution in [1.29, 1.82) is 0 Å². The van der Waals surface area contributed by atoms with Crippen LogP contribution in [0, 0.1) is 5.92 Å². The molecule has 0 bridgehead atoms. The van der Waals surface area contributed by atoms with Crippen LogP contribution in [0.3, 0.4) is 0 Å². The summed E-state index contributed by atoms with van der Waals surface area (Å²) in [5.74, 6) is 1.24. The number of fused-ring (bicyclic) bond motifs is 1. The van der Waals surface area contributed by atoms with E-state index in [1.54, 1.807) is 19.1 Å². The maximum atomic E-state index is 12.3. The van der Waals surface area contributed by atoms with Gasteiger partial charge < -0.3 is 14.8 Å². The Labute approximate surface area is 129 Å². The first kappa shape index (κ1) is 15.1. The Bertz CT molecular complexity index is 672. The molecule has 1 N–H and O–H groups in total. The fourth-order valence-electron chi connectivity index (χ4n) is 2.78. The summed E-state index contributed by atoms with van der Waals surface area (Å²) in [6, 6.07) is 7.21. The molecule has 0 saturated carbocycles. The van der Waals surface area contributed by atoms with Crippen LogP contribution in [0.1, 0.15) is 13.3 Å². The fourth-order valence-corrected chi connectivity index (χ4v) is 4.65. The molecule has 1 fully saturated rings.